The second-order valence-corrected chi connectivity index (χ2v) is 15.3. The van der Waals surface area contributed by atoms with Gasteiger partial charge in [-0.15, -0.1) is 0 Å². The molecule has 5 N–H and O–H groups in total. The molecule has 13 heteroatoms. The lowest BCUT2D eigenvalue weighted by molar-refractivity contribution is -0.135. The Labute approximate surface area is 320 Å². The molecule has 2 aliphatic rings. The van der Waals surface area contributed by atoms with E-state index in [0.717, 1.165) is 82.7 Å². The number of carbonyl (C=O) groups is 3. The van der Waals surface area contributed by atoms with E-state index in [-0.39, 0.29) is 35.9 Å². The van der Waals surface area contributed by atoms with Crippen molar-refractivity contribution in [3.05, 3.63) is 84.6 Å². The molecule has 288 valence electrons. The molecule has 0 saturated carbocycles. The SMILES string of the molecule is COC(=O)NC(CN1CCC1c1nc2ccc(-c3ccc(-c4ccc(-c5cnc(C6CCCN6C(=O)C(NC(=O)O)C(C)C)[nH]5)cc4)cc3)cc2[nH]1)C(C)C. The van der Waals surface area contributed by atoms with Gasteiger partial charge in [-0.3, -0.25) is 9.69 Å². The summed E-state index contributed by atoms with van der Waals surface area (Å²) in [7, 11) is 1.39. The second-order valence-electron chi connectivity index (χ2n) is 15.3. The molecule has 5 aromatic rings. The minimum absolute atomic E-state index is 0.0134. The Hall–Kier alpha value is -5.69. The van der Waals surface area contributed by atoms with Gasteiger partial charge in [0.05, 0.1) is 42.1 Å². The Morgan fingerprint density at radius 2 is 1.47 bits per heavy atom. The van der Waals surface area contributed by atoms with Gasteiger partial charge in [0, 0.05) is 25.7 Å². The molecule has 3 aromatic carbocycles. The zero-order chi connectivity index (χ0) is 38.8. The standard InChI is InChI=1S/C42H50N8O5/c1-24(2)34(47-42(54)55-5)23-49-20-18-35(49)39-44-31-17-16-30(21-32(31)45-39)28-10-8-26(9-11-28)27-12-14-29(15-13-27)33-22-43-38(46-33)36-7-6-19-50(36)40(51)37(25(3)4)48-41(52)53/h8-17,21-22,24-25,34-37,48H,6-7,18-20,23H2,1-5H3,(H,43,46)(H,44,45)(H,47,54)(H,52,53). The summed E-state index contributed by atoms with van der Waals surface area (Å²) in [6.45, 7) is 10.1. The second kappa shape index (κ2) is 16.0. The maximum absolute atomic E-state index is 13.4. The van der Waals surface area contributed by atoms with Crippen molar-refractivity contribution in [2.24, 2.45) is 11.8 Å². The van der Waals surface area contributed by atoms with Gasteiger partial charge in [0.15, 0.2) is 0 Å². The van der Waals surface area contributed by atoms with E-state index in [1.54, 1.807) is 11.1 Å². The van der Waals surface area contributed by atoms with Crippen LogP contribution >= 0.6 is 0 Å². The fourth-order valence-electron chi connectivity index (χ4n) is 7.71. The number of hydrogen-bond acceptors (Lipinski definition) is 7. The molecule has 2 saturated heterocycles. The molecule has 7 rings (SSSR count). The Balaban J connectivity index is 1.00. The topological polar surface area (TPSA) is 169 Å². The number of carboxylic acid groups (broad SMARTS) is 1. The van der Waals surface area contributed by atoms with Gasteiger partial charge in [-0.2, -0.15) is 0 Å². The first-order chi connectivity index (χ1) is 26.5. The van der Waals surface area contributed by atoms with E-state index < -0.39 is 18.2 Å². The monoisotopic (exact) mass is 746 g/mol. The highest BCUT2D eigenvalue weighted by atomic mass is 16.5. The van der Waals surface area contributed by atoms with Crippen LogP contribution in [-0.2, 0) is 9.53 Å². The van der Waals surface area contributed by atoms with Crippen molar-refractivity contribution in [3.8, 4) is 33.5 Å². The van der Waals surface area contributed by atoms with E-state index >= 15 is 0 Å². The third-order valence-corrected chi connectivity index (χ3v) is 11.1. The molecule has 2 aromatic heterocycles. The summed E-state index contributed by atoms with van der Waals surface area (Å²) in [5, 5.41) is 14.7. The van der Waals surface area contributed by atoms with Gasteiger partial charge in [0.2, 0.25) is 5.91 Å². The average molecular weight is 747 g/mol. The molecule has 55 heavy (non-hydrogen) atoms. The third kappa shape index (κ3) is 8.07. The first kappa shape index (κ1) is 37.6. The van der Waals surface area contributed by atoms with Gasteiger partial charge in [0.25, 0.3) is 0 Å². The number of ether oxygens (including phenoxy) is 1. The maximum Gasteiger partial charge on any atom is 0.407 e. The molecule has 0 bridgehead atoms. The number of imidazole rings is 2. The van der Waals surface area contributed by atoms with Crippen molar-refractivity contribution in [2.75, 3.05) is 26.7 Å². The van der Waals surface area contributed by atoms with Crippen molar-refractivity contribution in [1.82, 2.24) is 40.4 Å². The van der Waals surface area contributed by atoms with Crippen LogP contribution < -0.4 is 10.6 Å². The van der Waals surface area contributed by atoms with Crippen LogP contribution in [0.15, 0.2) is 72.9 Å². The lowest BCUT2D eigenvalue weighted by Crippen LogP contribution is -2.52. The lowest BCUT2D eigenvalue weighted by Gasteiger charge is -2.42. The van der Waals surface area contributed by atoms with Crippen LogP contribution in [0.5, 0.6) is 0 Å². The molecule has 0 aliphatic carbocycles. The molecule has 4 unspecified atom stereocenters. The predicted octanol–water partition coefficient (Wildman–Crippen LogP) is 7.37. The molecule has 2 fully saturated rings. The van der Waals surface area contributed by atoms with Crippen LogP contribution in [0.25, 0.3) is 44.5 Å². The van der Waals surface area contributed by atoms with E-state index in [4.69, 9.17) is 9.72 Å². The number of benzene rings is 3. The number of carbonyl (C=O) groups excluding carboxylic acids is 2. The van der Waals surface area contributed by atoms with E-state index in [0.29, 0.717) is 12.4 Å². The number of aromatic nitrogens is 4. The molecule has 3 amide bonds. The van der Waals surface area contributed by atoms with Gasteiger partial charge in [-0.25, -0.2) is 19.6 Å². The zero-order valence-corrected chi connectivity index (χ0v) is 32.0. The summed E-state index contributed by atoms with van der Waals surface area (Å²) in [6.07, 6.45) is 2.79. The number of amides is 3. The normalized spacial score (nSPS) is 18.3. The molecule has 13 nitrogen and oxygen atoms in total. The molecule has 0 radical (unpaired) electrons. The third-order valence-electron chi connectivity index (χ3n) is 11.1. The Kier molecular flexibility index (Phi) is 10.9. The van der Waals surface area contributed by atoms with Crippen molar-refractivity contribution >= 4 is 29.1 Å². The fourth-order valence-corrected chi connectivity index (χ4v) is 7.71. The summed E-state index contributed by atoms with van der Waals surface area (Å²) in [6, 6.07) is 22.3. The van der Waals surface area contributed by atoms with E-state index in [1.807, 2.05) is 13.8 Å². The van der Waals surface area contributed by atoms with Crippen molar-refractivity contribution in [3.63, 3.8) is 0 Å². The highest BCUT2D eigenvalue weighted by molar-refractivity contribution is 5.86. The molecule has 4 heterocycles. The minimum Gasteiger partial charge on any atom is -0.465 e. The number of nitrogens with zero attached hydrogens (tertiary/aromatic N) is 4. The first-order valence-corrected chi connectivity index (χ1v) is 19.1. The molecule has 0 spiro atoms. The van der Waals surface area contributed by atoms with Crippen LogP contribution in [-0.4, -0.2) is 91.8 Å². The highest BCUT2D eigenvalue weighted by Gasteiger charge is 2.38. The number of nitrogens with one attached hydrogen (secondary N) is 4. The van der Waals surface area contributed by atoms with Crippen LogP contribution in [0.2, 0.25) is 0 Å². The quantitative estimate of drug-likeness (QED) is 0.0882. The molecular weight excluding hydrogens is 697 g/mol. The highest BCUT2D eigenvalue weighted by Crippen LogP contribution is 2.36. The zero-order valence-electron chi connectivity index (χ0n) is 32.0. The number of aromatic amines is 2. The number of H-pyrrole nitrogens is 2. The summed E-state index contributed by atoms with van der Waals surface area (Å²) in [5.74, 6) is 1.53. The summed E-state index contributed by atoms with van der Waals surface area (Å²) < 4.78 is 4.84. The van der Waals surface area contributed by atoms with Gasteiger partial charge >= 0.3 is 12.2 Å². The molecular formula is C42H50N8O5. The number of alkyl carbamates (subject to hydrolysis) is 1. The molecule has 4 atom stereocenters. The van der Waals surface area contributed by atoms with E-state index in [2.05, 4.69) is 111 Å². The summed E-state index contributed by atoms with van der Waals surface area (Å²) in [5.41, 5.74) is 8.18. The van der Waals surface area contributed by atoms with Gasteiger partial charge in [-0.05, 0) is 71.0 Å². The number of likely N-dealkylation sites (tertiary alicyclic amines) is 2. The minimum atomic E-state index is -1.20. The number of hydrogen-bond donors (Lipinski definition) is 5. The molecule has 2 aliphatic heterocycles. The average Bonchev–Trinajstić information content (AvgIpc) is 3.94. The van der Waals surface area contributed by atoms with Crippen molar-refractivity contribution < 1.29 is 24.2 Å². The smallest absolute Gasteiger partial charge is 0.407 e. The number of methoxy groups -OCH3 is 1. The fraction of sp³-hybridized carbons (Fsp3) is 0.405. The Morgan fingerprint density at radius 1 is 0.818 bits per heavy atom. The first-order valence-electron chi connectivity index (χ1n) is 19.1. The van der Waals surface area contributed by atoms with E-state index in [1.165, 1.54) is 7.11 Å². The van der Waals surface area contributed by atoms with Gasteiger partial charge < -0.3 is 35.3 Å². The van der Waals surface area contributed by atoms with Gasteiger partial charge in [0.1, 0.15) is 17.7 Å². The van der Waals surface area contributed by atoms with Gasteiger partial charge in [-0.1, -0.05) is 82.3 Å². The Bertz CT molecular complexity index is 2140. The van der Waals surface area contributed by atoms with Crippen LogP contribution in [0, 0.1) is 11.8 Å². The van der Waals surface area contributed by atoms with Crippen molar-refractivity contribution in [2.45, 2.75) is 71.1 Å². The van der Waals surface area contributed by atoms with Crippen LogP contribution in [0.1, 0.15) is 70.7 Å². The predicted molar refractivity (Wildman–Crippen MR) is 211 cm³/mol. The van der Waals surface area contributed by atoms with Crippen LogP contribution in [0.4, 0.5) is 9.59 Å². The summed E-state index contributed by atoms with van der Waals surface area (Å²) in [4.78, 5) is 57.3. The van der Waals surface area contributed by atoms with E-state index in [9.17, 15) is 19.5 Å². The Morgan fingerprint density at radius 3 is 2.07 bits per heavy atom. The summed E-state index contributed by atoms with van der Waals surface area (Å²) >= 11 is 0. The number of rotatable bonds is 12. The largest absolute Gasteiger partial charge is 0.465 e. The maximum atomic E-state index is 13.4. The number of fused-ring (bicyclic) bond motifs is 1. The van der Waals surface area contributed by atoms with Crippen molar-refractivity contribution in [1.29, 1.82) is 0 Å². The lowest BCUT2D eigenvalue weighted by atomic mass is 9.97. The van der Waals surface area contributed by atoms with Crippen LogP contribution in [0.3, 0.4) is 0 Å².